The van der Waals surface area contributed by atoms with Gasteiger partial charge in [-0.3, -0.25) is 4.79 Å². The zero-order chi connectivity index (χ0) is 13.1. The summed E-state index contributed by atoms with van der Waals surface area (Å²) in [7, 11) is 3.04. The van der Waals surface area contributed by atoms with Gasteiger partial charge >= 0.3 is 6.03 Å². The van der Waals surface area contributed by atoms with Gasteiger partial charge in [0.2, 0.25) is 5.43 Å². The summed E-state index contributed by atoms with van der Waals surface area (Å²) in [6.07, 6.45) is 1.46. The molecule has 0 fully saturated rings. The molecule has 0 saturated carbocycles. The Morgan fingerprint density at radius 2 is 2.17 bits per heavy atom. The first kappa shape index (κ1) is 12.0. The average Bonchev–Trinajstić information content (AvgIpc) is 2.41. The lowest BCUT2D eigenvalue weighted by Gasteiger charge is -2.06. The number of anilines is 1. The van der Waals surface area contributed by atoms with Crippen LogP contribution in [-0.2, 0) is 0 Å². The number of hydrogen-bond donors (Lipinski definition) is 3. The fourth-order valence-electron chi connectivity index (χ4n) is 1.61. The largest absolute Gasteiger partial charge is 0.497 e. The van der Waals surface area contributed by atoms with E-state index in [1.165, 1.54) is 13.2 Å². The minimum Gasteiger partial charge on any atom is -0.497 e. The van der Waals surface area contributed by atoms with Crippen LogP contribution in [0.15, 0.2) is 29.2 Å². The maximum atomic E-state index is 12.1. The van der Waals surface area contributed by atoms with E-state index in [9.17, 15) is 9.59 Å². The molecule has 0 radical (unpaired) electrons. The van der Waals surface area contributed by atoms with Crippen LogP contribution in [0.2, 0.25) is 0 Å². The molecular weight excluding hydrogens is 234 g/mol. The third kappa shape index (κ3) is 2.13. The van der Waals surface area contributed by atoms with Crippen molar-refractivity contribution in [1.82, 2.24) is 10.3 Å². The topological polar surface area (TPSA) is 83.2 Å². The minimum atomic E-state index is -0.437. The number of carbonyl (C=O) groups is 1. The highest BCUT2D eigenvalue weighted by molar-refractivity contribution is 5.91. The van der Waals surface area contributed by atoms with E-state index in [4.69, 9.17) is 4.74 Å². The second-order valence-corrected chi connectivity index (χ2v) is 3.65. The number of amides is 2. The molecule has 94 valence electrons. The van der Waals surface area contributed by atoms with E-state index in [1.807, 2.05) is 0 Å². The number of rotatable bonds is 2. The van der Waals surface area contributed by atoms with Crippen molar-refractivity contribution in [2.24, 2.45) is 0 Å². The summed E-state index contributed by atoms with van der Waals surface area (Å²) in [5.74, 6) is 0.658. The first-order valence-electron chi connectivity index (χ1n) is 5.34. The van der Waals surface area contributed by atoms with Crippen LogP contribution in [0.25, 0.3) is 10.9 Å². The Morgan fingerprint density at radius 3 is 2.83 bits per heavy atom. The molecule has 2 aromatic rings. The number of urea groups is 1. The number of aromatic amines is 1. The van der Waals surface area contributed by atoms with Crippen molar-refractivity contribution >= 4 is 22.6 Å². The Hall–Kier alpha value is -2.50. The number of hydrogen-bond acceptors (Lipinski definition) is 3. The van der Waals surface area contributed by atoms with Crippen molar-refractivity contribution in [2.45, 2.75) is 0 Å². The van der Waals surface area contributed by atoms with Gasteiger partial charge in [-0.25, -0.2) is 4.79 Å². The summed E-state index contributed by atoms with van der Waals surface area (Å²) in [6, 6.07) is 4.64. The second-order valence-electron chi connectivity index (χ2n) is 3.65. The van der Waals surface area contributed by atoms with Crippen molar-refractivity contribution in [3.63, 3.8) is 0 Å². The van der Waals surface area contributed by atoms with Crippen molar-refractivity contribution in [2.75, 3.05) is 19.5 Å². The lowest BCUT2D eigenvalue weighted by molar-refractivity contribution is 0.254. The number of methoxy groups -OCH3 is 1. The van der Waals surface area contributed by atoms with Gasteiger partial charge in [0, 0.05) is 24.7 Å². The molecule has 1 aromatic heterocycles. The van der Waals surface area contributed by atoms with Gasteiger partial charge in [-0.2, -0.15) is 0 Å². The van der Waals surface area contributed by atoms with Gasteiger partial charge in [0.05, 0.1) is 12.6 Å². The summed E-state index contributed by atoms with van der Waals surface area (Å²) in [4.78, 5) is 26.2. The molecule has 0 spiro atoms. The molecule has 0 bridgehead atoms. The molecule has 2 rings (SSSR count). The van der Waals surface area contributed by atoms with Crippen molar-refractivity contribution in [3.8, 4) is 5.75 Å². The van der Waals surface area contributed by atoms with Crippen LogP contribution in [0, 0.1) is 0 Å². The fraction of sp³-hybridized carbons (Fsp3) is 0.167. The molecule has 6 nitrogen and oxygen atoms in total. The predicted octanol–water partition coefficient (Wildman–Crippen LogP) is 1.29. The van der Waals surface area contributed by atoms with Crippen LogP contribution in [-0.4, -0.2) is 25.2 Å². The monoisotopic (exact) mass is 247 g/mol. The summed E-state index contributed by atoms with van der Waals surface area (Å²) in [5.41, 5.74) is 0.615. The average molecular weight is 247 g/mol. The van der Waals surface area contributed by atoms with E-state index in [1.54, 1.807) is 25.3 Å². The van der Waals surface area contributed by atoms with Gasteiger partial charge in [-0.05, 0) is 12.1 Å². The van der Waals surface area contributed by atoms with E-state index in [0.717, 1.165) is 0 Å². The van der Waals surface area contributed by atoms with Gasteiger partial charge in [-0.1, -0.05) is 0 Å². The number of aromatic nitrogens is 1. The second kappa shape index (κ2) is 4.79. The van der Waals surface area contributed by atoms with Gasteiger partial charge < -0.3 is 20.4 Å². The van der Waals surface area contributed by atoms with Crippen molar-refractivity contribution in [1.29, 1.82) is 0 Å². The maximum Gasteiger partial charge on any atom is 0.319 e. The number of ether oxygens (including phenoxy) is 1. The molecular formula is C12H13N3O3. The van der Waals surface area contributed by atoms with E-state index in [-0.39, 0.29) is 11.1 Å². The smallest absolute Gasteiger partial charge is 0.319 e. The highest BCUT2D eigenvalue weighted by Gasteiger charge is 2.07. The summed E-state index contributed by atoms with van der Waals surface area (Å²) in [6.45, 7) is 0. The molecule has 2 amide bonds. The Balaban J connectivity index is 2.51. The molecule has 1 aromatic carbocycles. The first-order valence-corrected chi connectivity index (χ1v) is 5.34. The minimum absolute atomic E-state index is 0.201. The number of pyridine rings is 1. The van der Waals surface area contributed by atoms with E-state index >= 15 is 0 Å². The van der Waals surface area contributed by atoms with Crippen molar-refractivity contribution in [3.05, 3.63) is 34.6 Å². The molecule has 0 aliphatic heterocycles. The third-order valence-corrected chi connectivity index (χ3v) is 2.56. The first-order chi connectivity index (χ1) is 8.65. The van der Waals surface area contributed by atoms with Gasteiger partial charge in [0.15, 0.2) is 0 Å². The van der Waals surface area contributed by atoms with Crippen LogP contribution in [0.4, 0.5) is 10.5 Å². The number of H-pyrrole nitrogens is 1. The fourth-order valence-corrected chi connectivity index (χ4v) is 1.61. The van der Waals surface area contributed by atoms with E-state index in [2.05, 4.69) is 15.6 Å². The standard InChI is InChI=1S/C12H13N3O3/c1-13-12(17)15-10-6-14-9-5-7(18-2)3-4-8(9)11(10)16/h3-6H,1-2H3,(H,14,16)(H2,13,15,17). The van der Waals surface area contributed by atoms with Crippen LogP contribution in [0.3, 0.4) is 0 Å². The number of benzene rings is 1. The quantitative estimate of drug-likeness (QED) is 0.747. The summed E-state index contributed by atoms with van der Waals surface area (Å²) >= 11 is 0. The highest BCUT2D eigenvalue weighted by atomic mass is 16.5. The van der Waals surface area contributed by atoms with Crippen LogP contribution in [0.5, 0.6) is 5.75 Å². The Kier molecular flexibility index (Phi) is 3.18. The van der Waals surface area contributed by atoms with Gasteiger partial charge in [0.25, 0.3) is 0 Å². The summed E-state index contributed by atoms with van der Waals surface area (Å²) < 4.78 is 5.07. The molecule has 3 N–H and O–H groups in total. The molecule has 0 aliphatic carbocycles. The van der Waals surface area contributed by atoms with Crippen LogP contribution in [0.1, 0.15) is 0 Å². The molecule has 0 saturated heterocycles. The van der Waals surface area contributed by atoms with Crippen LogP contribution >= 0.6 is 0 Å². The molecule has 6 heteroatoms. The number of nitrogens with one attached hydrogen (secondary N) is 3. The Labute approximate surface area is 103 Å². The molecule has 0 atom stereocenters. The van der Waals surface area contributed by atoms with E-state index in [0.29, 0.717) is 16.7 Å². The zero-order valence-corrected chi connectivity index (χ0v) is 10.0. The third-order valence-electron chi connectivity index (χ3n) is 2.56. The predicted molar refractivity (Wildman–Crippen MR) is 69.2 cm³/mol. The number of fused-ring (bicyclic) bond motifs is 1. The zero-order valence-electron chi connectivity index (χ0n) is 10.0. The molecule has 0 aliphatic rings. The van der Waals surface area contributed by atoms with Crippen molar-refractivity contribution < 1.29 is 9.53 Å². The maximum absolute atomic E-state index is 12.1. The number of carbonyl (C=O) groups excluding carboxylic acids is 1. The lowest BCUT2D eigenvalue weighted by atomic mass is 10.2. The lowest BCUT2D eigenvalue weighted by Crippen LogP contribution is -2.27. The normalized spacial score (nSPS) is 10.1. The van der Waals surface area contributed by atoms with Gasteiger partial charge in [0.1, 0.15) is 11.4 Å². The van der Waals surface area contributed by atoms with Gasteiger partial charge in [-0.15, -0.1) is 0 Å². The molecule has 1 heterocycles. The van der Waals surface area contributed by atoms with E-state index < -0.39 is 6.03 Å². The SMILES string of the molecule is CNC(=O)Nc1c[nH]c2cc(OC)ccc2c1=O. The summed E-state index contributed by atoms with van der Waals surface area (Å²) in [5, 5.41) is 5.33. The highest BCUT2D eigenvalue weighted by Crippen LogP contribution is 2.17. The molecule has 0 unspecified atom stereocenters. The molecule has 18 heavy (non-hydrogen) atoms. The Morgan fingerprint density at radius 1 is 1.39 bits per heavy atom. The Bertz CT molecular complexity index is 649. The van der Waals surface area contributed by atoms with Crippen LogP contribution < -0.4 is 20.8 Å².